The van der Waals surface area contributed by atoms with Gasteiger partial charge < -0.3 is 9.73 Å². The molecule has 1 aromatic heterocycles. The van der Waals surface area contributed by atoms with Gasteiger partial charge in [0.05, 0.1) is 9.95 Å². The second-order valence-corrected chi connectivity index (χ2v) is 7.54. The summed E-state index contributed by atoms with van der Waals surface area (Å²) in [5.41, 5.74) is 0.185. The van der Waals surface area contributed by atoms with Gasteiger partial charge in [0.25, 0.3) is 11.6 Å². The van der Waals surface area contributed by atoms with Crippen LogP contribution in [0.3, 0.4) is 0 Å². The largest absolute Gasteiger partial charge is 0.457 e. The molecule has 0 saturated heterocycles. The molecule has 1 aliphatic rings. The number of non-ortho nitro benzene ring substituents is 1. The van der Waals surface area contributed by atoms with Crippen molar-refractivity contribution in [2.75, 3.05) is 0 Å². The molecule has 7 nitrogen and oxygen atoms in total. The van der Waals surface area contributed by atoms with E-state index in [1.54, 1.807) is 12.1 Å². The Morgan fingerprint density at radius 1 is 1.34 bits per heavy atom. The predicted molar refractivity (Wildman–Crippen MR) is 109 cm³/mol. The highest BCUT2D eigenvalue weighted by Crippen LogP contribution is 2.33. The van der Waals surface area contributed by atoms with Crippen molar-refractivity contribution in [1.29, 1.82) is 5.26 Å². The summed E-state index contributed by atoms with van der Waals surface area (Å²) in [4.78, 5) is 23.0. The maximum atomic E-state index is 12.5. The molecule has 1 fully saturated rings. The lowest BCUT2D eigenvalue weighted by molar-refractivity contribution is -0.384. The molecular formula is C21H20ClN3O4. The third kappa shape index (κ3) is 4.84. The molecule has 29 heavy (non-hydrogen) atoms. The van der Waals surface area contributed by atoms with Crippen molar-refractivity contribution >= 4 is 29.3 Å². The number of carbonyl (C=O) groups excluding carboxylic acids is 1. The molecule has 8 heteroatoms. The van der Waals surface area contributed by atoms with Crippen LogP contribution in [0.1, 0.15) is 38.4 Å². The first-order chi connectivity index (χ1) is 13.9. The molecule has 1 amide bonds. The highest BCUT2D eigenvalue weighted by molar-refractivity contribution is 6.33. The monoisotopic (exact) mass is 413 g/mol. The number of carbonyl (C=O) groups is 1. The van der Waals surface area contributed by atoms with Crippen molar-refractivity contribution in [1.82, 2.24) is 5.32 Å². The number of rotatable bonds is 5. The normalized spacial score (nSPS) is 19.4. The van der Waals surface area contributed by atoms with Crippen LogP contribution in [0.15, 0.2) is 40.3 Å². The van der Waals surface area contributed by atoms with Gasteiger partial charge in [-0.1, -0.05) is 31.4 Å². The maximum absolute atomic E-state index is 12.5. The first-order valence-electron chi connectivity index (χ1n) is 9.36. The smallest absolute Gasteiger partial charge is 0.270 e. The summed E-state index contributed by atoms with van der Waals surface area (Å²) in [5, 5.41) is 23.6. The molecule has 0 bridgehead atoms. The fourth-order valence-electron chi connectivity index (χ4n) is 3.46. The van der Waals surface area contributed by atoms with Crippen LogP contribution >= 0.6 is 11.6 Å². The van der Waals surface area contributed by atoms with Gasteiger partial charge in [-0.25, -0.2) is 0 Å². The van der Waals surface area contributed by atoms with E-state index in [4.69, 9.17) is 16.0 Å². The summed E-state index contributed by atoms with van der Waals surface area (Å²) in [5.74, 6) is 0.533. The zero-order valence-corrected chi connectivity index (χ0v) is 16.6. The van der Waals surface area contributed by atoms with E-state index in [0.717, 1.165) is 25.7 Å². The van der Waals surface area contributed by atoms with Crippen LogP contribution in [0.4, 0.5) is 5.69 Å². The Hall–Kier alpha value is -3.11. The summed E-state index contributed by atoms with van der Waals surface area (Å²) >= 11 is 6.14. The summed E-state index contributed by atoms with van der Waals surface area (Å²) in [7, 11) is 0. The lowest BCUT2D eigenvalue weighted by Crippen LogP contribution is -2.41. The quantitative estimate of drug-likeness (QED) is 0.317. The Morgan fingerprint density at radius 3 is 2.79 bits per heavy atom. The first kappa shape index (κ1) is 20.6. The average Bonchev–Trinajstić information content (AvgIpc) is 3.16. The van der Waals surface area contributed by atoms with Crippen LogP contribution in [0.2, 0.25) is 5.02 Å². The van der Waals surface area contributed by atoms with Gasteiger partial charge in [0.15, 0.2) is 0 Å². The number of furan rings is 1. The number of nitrogens with one attached hydrogen (secondary N) is 1. The van der Waals surface area contributed by atoms with Gasteiger partial charge in [-0.05, 0) is 37.0 Å². The second kappa shape index (κ2) is 8.93. The van der Waals surface area contributed by atoms with Crippen LogP contribution in [0.5, 0.6) is 0 Å². The lowest BCUT2D eigenvalue weighted by Gasteiger charge is -2.29. The van der Waals surface area contributed by atoms with Crippen LogP contribution in [0.25, 0.3) is 17.4 Å². The SMILES string of the molecule is C[C@@H]1CCCC[C@H]1NC(=O)/C(C#N)=C/c1ccc(-c2cc([N+](=O)[O-])ccc2Cl)o1. The van der Waals surface area contributed by atoms with E-state index in [1.807, 2.05) is 6.07 Å². The van der Waals surface area contributed by atoms with Crippen molar-refractivity contribution in [2.24, 2.45) is 5.92 Å². The Balaban J connectivity index is 1.81. The minimum absolute atomic E-state index is 0.0591. The van der Waals surface area contributed by atoms with Crippen molar-refractivity contribution in [3.8, 4) is 17.4 Å². The van der Waals surface area contributed by atoms with Gasteiger partial charge in [-0.3, -0.25) is 14.9 Å². The van der Waals surface area contributed by atoms with Crippen molar-refractivity contribution in [3.63, 3.8) is 0 Å². The highest BCUT2D eigenvalue weighted by Gasteiger charge is 2.24. The highest BCUT2D eigenvalue weighted by atomic mass is 35.5. The van der Waals surface area contributed by atoms with Crippen LogP contribution in [-0.2, 0) is 4.79 Å². The van der Waals surface area contributed by atoms with E-state index >= 15 is 0 Å². The second-order valence-electron chi connectivity index (χ2n) is 7.13. The Labute approximate surface area is 173 Å². The molecule has 0 spiro atoms. The molecule has 1 aromatic carbocycles. The van der Waals surface area contributed by atoms with Gasteiger partial charge in [0.2, 0.25) is 0 Å². The Bertz CT molecular complexity index is 1010. The first-order valence-corrected chi connectivity index (χ1v) is 9.73. The van der Waals surface area contributed by atoms with E-state index < -0.39 is 10.8 Å². The minimum Gasteiger partial charge on any atom is -0.457 e. The number of nitro benzene ring substituents is 1. The number of hydrogen-bond acceptors (Lipinski definition) is 5. The molecule has 150 valence electrons. The van der Waals surface area contributed by atoms with Crippen LogP contribution in [0, 0.1) is 27.4 Å². The average molecular weight is 414 g/mol. The van der Waals surface area contributed by atoms with Crippen LogP contribution < -0.4 is 5.32 Å². The number of halogens is 1. The molecule has 1 aliphatic carbocycles. The molecule has 0 radical (unpaired) electrons. The van der Waals surface area contributed by atoms with Gasteiger partial charge >= 0.3 is 0 Å². The molecule has 1 saturated carbocycles. The zero-order chi connectivity index (χ0) is 21.0. The van der Waals surface area contributed by atoms with Crippen molar-refractivity contribution in [2.45, 2.75) is 38.6 Å². The third-order valence-electron chi connectivity index (χ3n) is 5.13. The predicted octanol–water partition coefficient (Wildman–Crippen LogP) is 5.11. The van der Waals surface area contributed by atoms with Gasteiger partial charge in [0, 0.05) is 29.8 Å². The van der Waals surface area contributed by atoms with E-state index in [9.17, 15) is 20.2 Å². The molecule has 2 aromatic rings. The number of benzene rings is 1. The number of nitriles is 1. The standard InChI is InChI=1S/C21H20ClN3O4/c1-13-4-2-3-5-19(13)24-21(26)14(12-23)10-16-7-9-20(29-16)17-11-15(25(27)28)6-8-18(17)22/h6-11,13,19H,2-5H2,1H3,(H,24,26)/b14-10+/t13-,19-/m1/s1. The summed E-state index contributed by atoms with van der Waals surface area (Å²) in [6.45, 7) is 2.10. The molecular weight excluding hydrogens is 394 g/mol. The topological polar surface area (TPSA) is 109 Å². The number of nitro groups is 1. The minimum atomic E-state index is -0.520. The maximum Gasteiger partial charge on any atom is 0.270 e. The van der Waals surface area contributed by atoms with Crippen molar-refractivity contribution in [3.05, 3.63) is 56.8 Å². The van der Waals surface area contributed by atoms with Crippen molar-refractivity contribution < 1.29 is 14.1 Å². The third-order valence-corrected chi connectivity index (χ3v) is 5.46. The summed E-state index contributed by atoms with van der Waals surface area (Å²) < 4.78 is 5.66. The number of nitrogens with zero attached hydrogens (tertiary/aromatic N) is 2. The van der Waals surface area contributed by atoms with E-state index in [2.05, 4.69) is 12.2 Å². The number of hydrogen-bond donors (Lipinski definition) is 1. The van der Waals surface area contributed by atoms with Gasteiger partial charge in [0.1, 0.15) is 23.2 Å². The van der Waals surface area contributed by atoms with E-state index in [-0.39, 0.29) is 23.1 Å². The fraction of sp³-hybridized carbons (Fsp3) is 0.333. The Kier molecular flexibility index (Phi) is 6.35. The molecule has 0 aliphatic heterocycles. The summed E-state index contributed by atoms with van der Waals surface area (Å²) in [6, 6.07) is 9.19. The molecule has 3 rings (SSSR count). The fourth-order valence-corrected chi connectivity index (χ4v) is 3.67. The van der Waals surface area contributed by atoms with Gasteiger partial charge in [-0.15, -0.1) is 0 Å². The zero-order valence-electron chi connectivity index (χ0n) is 15.9. The number of amides is 1. The Morgan fingerprint density at radius 2 is 2.10 bits per heavy atom. The molecule has 1 heterocycles. The van der Waals surface area contributed by atoms with Gasteiger partial charge in [-0.2, -0.15) is 5.26 Å². The van der Waals surface area contributed by atoms with E-state index in [1.165, 1.54) is 24.3 Å². The molecule has 2 atom stereocenters. The lowest BCUT2D eigenvalue weighted by atomic mass is 9.86. The molecule has 1 N–H and O–H groups in total. The molecule has 0 unspecified atom stereocenters. The van der Waals surface area contributed by atoms with E-state index in [0.29, 0.717) is 22.3 Å². The summed E-state index contributed by atoms with van der Waals surface area (Å²) in [6.07, 6.45) is 5.54. The van der Waals surface area contributed by atoms with Crippen LogP contribution in [-0.4, -0.2) is 16.9 Å².